The summed E-state index contributed by atoms with van der Waals surface area (Å²) in [6.45, 7) is 3.07. The number of rotatable bonds is 9. The predicted molar refractivity (Wildman–Crippen MR) is 95.2 cm³/mol. The maximum absolute atomic E-state index is 13.9. The number of aryl methyl sites for hydroxylation is 1. The number of nitrogens with zero attached hydrogens (tertiary/aromatic N) is 1. The molecule has 0 unspecified atom stereocenters. The van der Waals surface area contributed by atoms with Crippen molar-refractivity contribution in [3.8, 4) is 6.07 Å². The molecule has 1 fully saturated rings. The molecule has 2 nitrogen and oxygen atoms in total. The molecular weight excluding hydrogens is 320 g/mol. The van der Waals surface area contributed by atoms with Gasteiger partial charge < -0.3 is 4.74 Å². The fourth-order valence-electron chi connectivity index (χ4n) is 3.59. The van der Waals surface area contributed by atoms with E-state index in [1.165, 1.54) is 25.3 Å². The molecule has 4 heteroatoms. The van der Waals surface area contributed by atoms with Crippen LogP contribution in [0.4, 0.5) is 8.78 Å². The van der Waals surface area contributed by atoms with Gasteiger partial charge in [-0.15, -0.1) is 0 Å². The van der Waals surface area contributed by atoms with Crippen LogP contribution in [0, 0.1) is 28.9 Å². The Morgan fingerprint density at radius 1 is 1.08 bits per heavy atom. The third-order valence-corrected chi connectivity index (χ3v) is 5.25. The van der Waals surface area contributed by atoms with Gasteiger partial charge >= 0.3 is 0 Å². The Morgan fingerprint density at radius 2 is 1.84 bits per heavy atom. The second-order valence-electron chi connectivity index (χ2n) is 7.12. The van der Waals surface area contributed by atoms with Crippen LogP contribution in [0.2, 0.25) is 0 Å². The first kappa shape index (κ1) is 19.8. The van der Waals surface area contributed by atoms with Gasteiger partial charge in [-0.2, -0.15) is 5.26 Å². The molecule has 1 aliphatic rings. The van der Waals surface area contributed by atoms with Crippen molar-refractivity contribution < 1.29 is 13.5 Å². The Bertz CT molecular complexity index is 574. The molecule has 1 saturated carbocycles. The lowest BCUT2D eigenvalue weighted by Crippen LogP contribution is -2.22. The monoisotopic (exact) mass is 349 g/mol. The fourth-order valence-corrected chi connectivity index (χ4v) is 3.59. The minimum absolute atomic E-state index is 0.224. The number of ether oxygens (including phenoxy) is 1. The van der Waals surface area contributed by atoms with Crippen molar-refractivity contribution in [3.63, 3.8) is 0 Å². The van der Waals surface area contributed by atoms with E-state index in [-0.39, 0.29) is 5.56 Å². The van der Waals surface area contributed by atoms with Gasteiger partial charge in [0.25, 0.3) is 0 Å². The molecule has 0 heterocycles. The van der Waals surface area contributed by atoms with Gasteiger partial charge in [0.05, 0.1) is 11.7 Å². The van der Waals surface area contributed by atoms with E-state index in [1.54, 1.807) is 12.1 Å². The zero-order valence-corrected chi connectivity index (χ0v) is 15.2. The Hall–Kier alpha value is -1.47. The van der Waals surface area contributed by atoms with Gasteiger partial charge in [-0.25, -0.2) is 8.78 Å². The molecule has 0 N–H and O–H groups in total. The number of nitriles is 1. The Kier molecular flexibility index (Phi) is 8.34. The van der Waals surface area contributed by atoms with Crippen molar-refractivity contribution in [2.45, 2.75) is 77.2 Å². The highest BCUT2D eigenvalue weighted by Gasteiger charge is 2.22. The summed E-state index contributed by atoms with van der Waals surface area (Å²) in [5.41, 5.74) is 0.156. The predicted octanol–water partition coefficient (Wildman–Crippen LogP) is 5.92. The van der Waals surface area contributed by atoms with E-state index in [0.29, 0.717) is 24.0 Å². The van der Waals surface area contributed by atoms with Gasteiger partial charge in [-0.3, -0.25) is 0 Å². The minimum Gasteiger partial charge on any atom is -0.378 e. The Labute approximate surface area is 150 Å². The zero-order chi connectivity index (χ0) is 18.1. The van der Waals surface area contributed by atoms with Gasteiger partial charge in [0.1, 0.15) is 6.07 Å². The summed E-state index contributed by atoms with van der Waals surface area (Å²) in [5, 5.41) is 8.73. The van der Waals surface area contributed by atoms with Crippen LogP contribution in [0.3, 0.4) is 0 Å². The number of hydrogen-bond acceptors (Lipinski definition) is 2. The van der Waals surface area contributed by atoms with Crippen LogP contribution in [-0.4, -0.2) is 12.7 Å². The van der Waals surface area contributed by atoms with Crippen LogP contribution in [0.1, 0.15) is 75.8 Å². The first-order valence-electron chi connectivity index (χ1n) is 9.64. The molecule has 1 aromatic rings. The van der Waals surface area contributed by atoms with Crippen LogP contribution < -0.4 is 0 Å². The van der Waals surface area contributed by atoms with E-state index in [2.05, 4.69) is 6.92 Å². The van der Waals surface area contributed by atoms with Crippen LogP contribution in [0.5, 0.6) is 0 Å². The first-order chi connectivity index (χ1) is 12.2. The number of benzene rings is 1. The molecule has 0 saturated heterocycles. The summed E-state index contributed by atoms with van der Waals surface area (Å²) in [4.78, 5) is 0. The van der Waals surface area contributed by atoms with Gasteiger partial charge in [-0.05, 0) is 62.5 Å². The largest absolute Gasteiger partial charge is 0.378 e. The molecule has 0 spiro atoms. The molecular formula is C21H29F2NO. The molecule has 0 aromatic heterocycles. The number of halogens is 2. The lowest BCUT2D eigenvalue weighted by molar-refractivity contribution is 0.0154. The molecule has 2 rings (SSSR count). The lowest BCUT2D eigenvalue weighted by Gasteiger charge is -2.28. The highest BCUT2D eigenvalue weighted by Crippen LogP contribution is 2.30. The topological polar surface area (TPSA) is 33.0 Å². The Balaban J connectivity index is 1.69. The van der Waals surface area contributed by atoms with Gasteiger partial charge in [0, 0.05) is 6.61 Å². The van der Waals surface area contributed by atoms with Gasteiger partial charge in [-0.1, -0.05) is 32.3 Å². The number of hydrogen-bond donors (Lipinski definition) is 0. The van der Waals surface area contributed by atoms with E-state index in [4.69, 9.17) is 10.00 Å². The third-order valence-electron chi connectivity index (χ3n) is 5.25. The summed E-state index contributed by atoms with van der Waals surface area (Å²) in [7, 11) is 0. The second kappa shape index (κ2) is 10.5. The zero-order valence-electron chi connectivity index (χ0n) is 15.2. The molecule has 0 atom stereocenters. The lowest BCUT2D eigenvalue weighted by atomic mass is 9.83. The van der Waals surface area contributed by atoms with Crippen molar-refractivity contribution >= 4 is 0 Å². The molecule has 0 aliphatic heterocycles. The second-order valence-corrected chi connectivity index (χ2v) is 7.12. The Morgan fingerprint density at radius 3 is 2.52 bits per heavy atom. The van der Waals surface area contributed by atoms with Gasteiger partial charge in [0.15, 0.2) is 11.6 Å². The van der Waals surface area contributed by atoms with Crippen molar-refractivity contribution in [3.05, 3.63) is 34.9 Å². The molecule has 0 amide bonds. The molecule has 1 aromatic carbocycles. The van der Waals surface area contributed by atoms with E-state index in [9.17, 15) is 8.78 Å². The van der Waals surface area contributed by atoms with Crippen molar-refractivity contribution in [1.82, 2.24) is 0 Å². The molecule has 1 aliphatic carbocycles. The molecule has 0 radical (unpaired) electrons. The summed E-state index contributed by atoms with van der Waals surface area (Å²) < 4.78 is 33.6. The maximum Gasteiger partial charge on any atom is 0.176 e. The minimum atomic E-state index is -1.01. The summed E-state index contributed by atoms with van der Waals surface area (Å²) >= 11 is 0. The van der Waals surface area contributed by atoms with Crippen molar-refractivity contribution in [2.24, 2.45) is 5.92 Å². The summed E-state index contributed by atoms with van der Waals surface area (Å²) in [5.74, 6) is -1.32. The van der Waals surface area contributed by atoms with Gasteiger partial charge in [0.2, 0.25) is 0 Å². The third kappa shape index (κ3) is 6.08. The average molecular weight is 349 g/mol. The highest BCUT2D eigenvalue weighted by atomic mass is 19.2. The fraction of sp³-hybridized carbons (Fsp3) is 0.667. The van der Waals surface area contributed by atoms with Crippen LogP contribution in [-0.2, 0) is 11.2 Å². The SMILES string of the molecule is CCCCCCOC1CCC(CCc2ccc(C#N)c(F)c2F)CC1. The first-order valence-corrected chi connectivity index (χ1v) is 9.64. The van der Waals surface area contributed by atoms with E-state index in [0.717, 1.165) is 45.1 Å². The van der Waals surface area contributed by atoms with Crippen LogP contribution in [0.25, 0.3) is 0 Å². The maximum atomic E-state index is 13.9. The molecule has 25 heavy (non-hydrogen) atoms. The highest BCUT2D eigenvalue weighted by molar-refractivity contribution is 5.34. The normalized spacial score (nSPS) is 20.4. The quantitative estimate of drug-likeness (QED) is 0.518. The average Bonchev–Trinajstić information content (AvgIpc) is 2.64. The summed E-state index contributed by atoms with van der Waals surface area (Å²) in [6.07, 6.45) is 11.0. The number of unbranched alkanes of at least 4 members (excludes halogenated alkanes) is 3. The van der Waals surface area contributed by atoms with E-state index >= 15 is 0 Å². The van der Waals surface area contributed by atoms with E-state index in [1.807, 2.05) is 0 Å². The van der Waals surface area contributed by atoms with Crippen molar-refractivity contribution in [2.75, 3.05) is 6.61 Å². The summed E-state index contributed by atoms with van der Waals surface area (Å²) in [6, 6.07) is 4.59. The molecule has 0 bridgehead atoms. The molecule has 138 valence electrons. The smallest absolute Gasteiger partial charge is 0.176 e. The standard InChI is InChI=1S/C21H29F2NO/c1-2-3-4-5-14-25-19-12-7-16(8-13-19)6-9-17-10-11-18(15-24)21(23)20(17)22/h10-11,16,19H,2-9,12-14H2,1H3. The van der Waals surface area contributed by atoms with Crippen LogP contribution >= 0.6 is 0 Å². The van der Waals surface area contributed by atoms with E-state index < -0.39 is 11.6 Å². The van der Waals surface area contributed by atoms with Crippen LogP contribution in [0.15, 0.2) is 12.1 Å². The van der Waals surface area contributed by atoms with Crippen molar-refractivity contribution in [1.29, 1.82) is 5.26 Å².